The number of hydrogen-bond donors (Lipinski definition) is 1. The Hall–Kier alpha value is -3.32. The van der Waals surface area contributed by atoms with Crippen LogP contribution in [0.2, 0.25) is 0 Å². The van der Waals surface area contributed by atoms with Crippen LogP contribution in [0.1, 0.15) is 35.2 Å². The van der Waals surface area contributed by atoms with Gasteiger partial charge in [-0.25, -0.2) is 0 Å². The monoisotopic (exact) mass is 420 g/mol. The molecule has 31 heavy (non-hydrogen) atoms. The number of rotatable bonds is 5. The van der Waals surface area contributed by atoms with Crippen LogP contribution >= 0.6 is 0 Å². The number of aldehydes is 1. The van der Waals surface area contributed by atoms with E-state index in [0.717, 1.165) is 4.90 Å². The summed E-state index contributed by atoms with van der Waals surface area (Å²) in [7, 11) is 1.65. The van der Waals surface area contributed by atoms with Crippen LogP contribution < -0.4 is 4.90 Å². The molecule has 4 rings (SSSR count). The molecule has 1 N–H and O–H groups in total. The average Bonchev–Trinajstić information content (AvgIpc) is 3.01. The Morgan fingerprint density at radius 2 is 1.74 bits per heavy atom. The first-order chi connectivity index (χ1) is 14.9. The van der Waals surface area contributed by atoms with Gasteiger partial charge in [-0.15, -0.1) is 0 Å². The molecule has 2 aliphatic rings. The molecular weight excluding hydrogens is 396 g/mol. The van der Waals surface area contributed by atoms with E-state index in [0.29, 0.717) is 23.1 Å². The summed E-state index contributed by atoms with van der Waals surface area (Å²) >= 11 is 0. The fourth-order valence-electron chi connectivity index (χ4n) is 5.35. The zero-order valence-electron chi connectivity index (χ0n) is 17.3. The summed E-state index contributed by atoms with van der Waals surface area (Å²) in [5.41, 5.74) is -1.17. The molecule has 160 valence electrons. The molecular formula is C24H24N2O5. The van der Waals surface area contributed by atoms with Crippen molar-refractivity contribution in [3.05, 3.63) is 65.7 Å². The second-order valence-electron chi connectivity index (χ2n) is 8.09. The number of aliphatic hydroxyl groups excluding tert-OH is 1. The Morgan fingerprint density at radius 1 is 1.06 bits per heavy atom. The molecule has 1 saturated heterocycles. The van der Waals surface area contributed by atoms with Gasteiger partial charge in [-0.3, -0.25) is 19.3 Å². The Morgan fingerprint density at radius 3 is 2.42 bits per heavy atom. The van der Waals surface area contributed by atoms with E-state index >= 15 is 0 Å². The van der Waals surface area contributed by atoms with Gasteiger partial charge in [0.15, 0.2) is 0 Å². The number of carbonyl (C=O) groups excluding carboxylic acids is 4. The van der Waals surface area contributed by atoms with Crippen molar-refractivity contribution in [2.24, 2.45) is 5.41 Å². The zero-order valence-corrected chi connectivity index (χ0v) is 17.3. The number of anilines is 1. The number of hydrogen-bond acceptors (Lipinski definition) is 5. The number of para-hydroxylation sites is 1. The third-order valence-electron chi connectivity index (χ3n) is 6.81. The molecule has 2 heterocycles. The highest BCUT2D eigenvalue weighted by Gasteiger charge is 2.68. The highest BCUT2D eigenvalue weighted by atomic mass is 16.3. The fraction of sp³-hybridized carbons (Fsp3) is 0.333. The highest BCUT2D eigenvalue weighted by molar-refractivity contribution is 6.15. The number of fused-ring (bicyclic) bond motifs is 2. The number of amides is 3. The van der Waals surface area contributed by atoms with Gasteiger partial charge in [-0.1, -0.05) is 36.4 Å². The van der Waals surface area contributed by atoms with Gasteiger partial charge in [0.2, 0.25) is 11.8 Å². The summed E-state index contributed by atoms with van der Waals surface area (Å²) in [5, 5.41) is 9.92. The van der Waals surface area contributed by atoms with Crippen LogP contribution in [-0.4, -0.2) is 54.2 Å². The van der Waals surface area contributed by atoms with E-state index in [1.807, 2.05) is 6.07 Å². The summed E-state index contributed by atoms with van der Waals surface area (Å²) in [6.45, 7) is -0.347. The summed E-state index contributed by atoms with van der Waals surface area (Å²) < 4.78 is 0. The summed E-state index contributed by atoms with van der Waals surface area (Å²) in [6, 6.07) is 15.6. The van der Waals surface area contributed by atoms with Crippen molar-refractivity contribution in [2.45, 2.75) is 24.7 Å². The summed E-state index contributed by atoms with van der Waals surface area (Å²) in [4.78, 5) is 55.2. The van der Waals surface area contributed by atoms with Crippen molar-refractivity contribution < 1.29 is 24.3 Å². The number of likely N-dealkylation sites (N-methyl/N-ethyl adjacent to an activating group) is 1. The summed E-state index contributed by atoms with van der Waals surface area (Å²) in [6.07, 6.45) is 0.432. The van der Waals surface area contributed by atoms with E-state index in [1.165, 1.54) is 4.90 Å². The minimum atomic E-state index is -1.55. The molecule has 2 aromatic rings. The number of benzene rings is 2. The highest BCUT2D eigenvalue weighted by Crippen LogP contribution is 2.59. The van der Waals surface area contributed by atoms with Gasteiger partial charge in [0.05, 0.1) is 10.8 Å². The van der Waals surface area contributed by atoms with Gasteiger partial charge < -0.3 is 14.8 Å². The maximum Gasteiger partial charge on any atom is 0.260 e. The quantitative estimate of drug-likeness (QED) is 0.589. The predicted octanol–water partition coefficient (Wildman–Crippen LogP) is 1.93. The van der Waals surface area contributed by atoms with Crippen molar-refractivity contribution in [1.82, 2.24) is 4.90 Å². The first kappa shape index (κ1) is 20.9. The molecule has 7 nitrogen and oxygen atoms in total. The van der Waals surface area contributed by atoms with Gasteiger partial charge in [-0.2, -0.15) is 0 Å². The normalized spacial score (nSPS) is 25.1. The zero-order chi connectivity index (χ0) is 22.2. The van der Waals surface area contributed by atoms with Crippen molar-refractivity contribution in [3.63, 3.8) is 0 Å². The van der Waals surface area contributed by atoms with Crippen LogP contribution in [0.25, 0.3) is 0 Å². The van der Waals surface area contributed by atoms with E-state index in [4.69, 9.17) is 0 Å². The molecule has 2 aromatic carbocycles. The average molecular weight is 420 g/mol. The van der Waals surface area contributed by atoms with Gasteiger partial charge in [-0.05, 0) is 36.6 Å². The van der Waals surface area contributed by atoms with Crippen molar-refractivity contribution in [3.8, 4) is 0 Å². The Balaban J connectivity index is 1.90. The topological polar surface area (TPSA) is 95.0 Å². The van der Waals surface area contributed by atoms with Crippen LogP contribution in [0.3, 0.4) is 0 Å². The number of piperidine rings is 1. The molecule has 2 atom stereocenters. The molecule has 0 aliphatic carbocycles. The smallest absolute Gasteiger partial charge is 0.260 e. The first-order valence-electron chi connectivity index (χ1n) is 10.3. The predicted molar refractivity (Wildman–Crippen MR) is 113 cm³/mol. The molecule has 3 amide bonds. The van der Waals surface area contributed by atoms with Crippen LogP contribution in [-0.2, 0) is 19.8 Å². The fourth-order valence-corrected chi connectivity index (χ4v) is 5.35. The van der Waals surface area contributed by atoms with E-state index in [9.17, 15) is 24.3 Å². The summed E-state index contributed by atoms with van der Waals surface area (Å²) in [5.74, 6) is -1.35. The standard InChI is InChI=1S/C24H24N2O5/c1-25-19-10-6-5-9-18(19)24(22(25)31)11-14-26(20(29)17-7-3-2-4-8-17)21(30)23(24,12-15-27)13-16-28/h2-10,15,28H,11-14,16H2,1H3/t23-,24-/m1/s1. The second kappa shape index (κ2) is 7.74. The Labute approximate surface area is 180 Å². The lowest BCUT2D eigenvalue weighted by atomic mass is 9.53. The number of carbonyl (C=O) groups is 4. The van der Waals surface area contributed by atoms with E-state index in [-0.39, 0.29) is 31.7 Å². The van der Waals surface area contributed by atoms with Crippen LogP contribution in [0.5, 0.6) is 0 Å². The van der Waals surface area contributed by atoms with E-state index in [2.05, 4.69) is 0 Å². The van der Waals surface area contributed by atoms with Crippen LogP contribution in [0, 0.1) is 5.41 Å². The van der Waals surface area contributed by atoms with Crippen LogP contribution in [0.4, 0.5) is 5.69 Å². The minimum Gasteiger partial charge on any atom is -0.396 e. The van der Waals surface area contributed by atoms with Crippen molar-refractivity contribution >= 4 is 29.7 Å². The molecule has 0 aromatic heterocycles. The number of nitrogens with zero attached hydrogens (tertiary/aromatic N) is 2. The molecule has 0 bridgehead atoms. The molecule has 2 aliphatic heterocycles. The van der Waals surface area contributed by atoms with Gasteiger partial charge in [0, 0.05) is 37.9 Å². The third kappa shape index (κ3) is 2.76. The molecule has 1 spiro atoms. The molecule has 1 fully saturated rings. The maximum absolute atomic E-state index is 13.9. The lowest BCUT2D eigenvalue weighted by Gasteiger charge is -2.51. The van der Waals surface area contributed by atoms with Crippen molar-refractivity contribution in [1.29, 1.82) is 0 Å². The van der Waals surface area contributed by atoms with Crippen molar-refractivity contribution in [2.75, 3.05) is 25.1 Å². The first-order valence-corrected chi connectivity index (χ1v) is 10.3. The Kier molecular flexibility index (Phi) is 5.23. The van der Waals surface area contributed by atoms with E-state index < -0.39 is 29.3 Å². The van der Waals surface area contributed by atoms with Gasteiger partial charge in [0.25, 0.3) is 5.91 Å². The van der Waals surface area contributed by atoms with Gasteiger partial charge >= 0.3 is 0 Å². The lowest BCUT2D eigenvalue weighted by Crippen LogP contribution is -2.66. The molecule has 7 heteroatoms. The number of likely N-dealkylation sites (tertiary alicyclic amines) is 1. The SMILES string of the molecule is CN1C(=O)[C@@]2(CCN(C(=O)c3ccccc3)C(=O)[C@@]2(CC=O)CCO)c2ccccc21. The number of imide groups is 1. The Bertz CT molecular complexity index is 1050. The van der Waals surface area contributed by atoms with Gasteiger partial charge in [0.1, 0.15) is 6.29 Å². The molecule has 0 saturated carbocycles. The largest absolute Gasteiger partial charge is 0.396 e. The third-order valence-corrected chi connectivity index (χ3v) is 6.81. The van der Waals surface area contributed by atoms with Crippen LogP contribution in [0.15, 0.2) is 54.6 Å². The van der Waals surface area contributed by atoms with E-state index in [1.54, 1.807) is 55.6 Å². The minimum absolute atomic E-state index is 0.0481. The maximum atomic E-state index is 13.9. The number of aliphatic hydroxyl groups is 1. The second-order valence-corrected chi connectivity index (χ2v) is 8.09. The molecule has 0 radical (unpaired) electrons. The lowest BCUT2D eigenvalue weighted by molar-refractivity contribution is -0.159. The molecule has 0 unspecified atom stereocenters.